The van der Waals surface area contributed by atoms with Gasteiger partial charge in [-0.05, 0) is 86.5 Å². The Kier molecular flexibility index (Phi) is 4.92. The molecule has 3 fully saturated rings. The first-order valence-electron chi connectivity index (χ1n) is 10.6. The Hall–Kier alpha value is -0.970. The molecule has 0 aromatic carbocycles. The van der Waals surface area contributed by atoms with E-state index >= 15 is 0 Å². The highest BCUT2D eigenvalue weighted by Gasteiger charge is 2.59. The summed E-state index contributed by atoms with van der Waals surface area (Å²) in [5.74, 6) is 2.41. The van der Waals surface area contributed by atoms with E-state index in [-0.39, 0.29) is 16.7 Å². The van der Waals surface area contributed by atoms with E-state index in [1.807, 2.05) is 13.0 Å². The molecular formula is C21H32NO5P. The van der Waals surface area contributed by atoms with Crippen LogP contribution in [0, 0.1) is 34.5 Å². The van der Waals surface area contributed by atoms with Gasteiger partial charge in [-0.15, -0.1) is 0 Å². The van der Waals surface area contributed by atoms with Crippen LogP contribution in [-0.4, -0.2) is 21.3 Å². The lowest BCUT2D eigenvalue weighted by molar-refractivity contribution is -0.117. The van der Waals surface area contributed by atoms with Gasteiger partial charge < -0.3 is 0 Å². The number of nitrogens with zero attached hydrogens (tertiary/aromatic N) is 1. The molecule has 3 saturated carbocycles. The maximum atomic E-state index is 11.9. The molecule has 0 unspecified atom stereocenters. The van der Waals surface area contributed by atoms with Crippen LogP contribution in [0.5, 0.6) is 0 Å². The van der Waals surface area contributed by atoms with Crippen molar-refractivity contribution in [3.63, 3.8) is 0 Å². The van der Waals surface area contributed by atoms with Gasteiger partial charge in [0.25, 0.3) is 0 Å². The molecule has 0 aromatic rings. The first kappa shape index (κ1) is 20.3. The number of ketones is 1. The zero-order valence-corrected chi connectivity index (χ0v) is 18.0. The molecule has 6 nitrogen and oxygen atoms in total. The van der Waals surface area contributed by atoms with E-state index in [2.05, 4.69) is 23.6 Å². The summed E-state index contributed by atoms with van der Waals surface area (Å²) in [7, 11) is -4.59. The van der Waals surface area contributed by atoms with E-state index in [1.165, 1.54) is 5.57 Å². The normalized spacial score (nSPS) is 43.7. The van der Waals surface area contributed by atoms with Gasteiger partial charge in [0.05, 0.1) is 5.71 Å². The highest BCUT2D eigenvalue weighted by Crippen LogP contribution is 2.66. The summed E-state index contributed by atoms with van der Waals surface area (Å²) in [5, 5.41) is 3.81. The summed E-state index contributed by atoms with van der Waals surface area (Å²) >= 11 is 0. The average Bonchev–Trinajstić information content (AvgIpc) is 2.97. The number of allylic oxidation sites excluding steroid dienone is 1. The number of phosphoric acid groups is 1. The zero-order valence-electron chi connectivity index (χ0n) is 17.1. The molecular weight excluding hydrogens is 377 g/mol. The maximum absolute atomic E-state index is 11.9. The SMILES string of the molecule is C/C(=N\OP(=O)(O)O)[C@H]1CC[C@H]2[C@@H]3CCC4=CC(=O)CC[C@]4(C)[C@H]3CC[C@]12C. The van der Waals surface area contributed by atoms with Gasteiger partial charge in [0, 0.05) is 12.3 Å². The van der Waals surface area contributed by atoms with Crippen molar-refractivity contribution in [1.29, 1.82) is 0 Å². The molecule has 4 rings (SSSR count). The molecule has 0 aromatic heterocycles. The van der Waals surface area contributed by atoms with Crippen molar-refractivity contribution in [3.8, 4) is 0 Å². The van der Waals surface area contributed by atoms with E-state index < -0.39 is 7.82 Å². The third-order valence-electron chi connectivity index (χ3n) is 8.76. The fourth-order valence-corrected chi connectivity index (χ4v) is 7.66. The molecule has 4 aliphatic rings. The van der Waals surface area contributed by atoms with Crippen molar-refractivity contribution in [2.24, 2.45) is 39.7 Å². The predicted molar refractivity (Wildman–Crippen MR) is 106 cm³/mol. The minimum atomic E-state index is -4.59. The number of hydrogen-bond donors (Lipinski definition) is 2. The van der Waals surface area contributed by atoms with Gasteiger partial charge in [-0.1, -0.05) is 24.6 Å². The van der Waals surface area contributed by atoms with E-state index in [4.69, 9.17) is 9.79 Å². The van der Waals surface area contributed by atoms with Gasteiger partial charge in [-0.25, -0.2) is 4.57 Å². The Morgan fingerprint density at radius 3 is 2.61 bits per heavy atom. The Labute approximate surface area is 167 Å². The van der Waals surface area contributed by atoms with Crippen molar-refractivity contribution in [1.82, 2.24) is 0 Å². The number of carbonyl (C=O) groups is 1. The molecule has 0 radical (unpaired) electrons. The fourth-order valence-electron chi connectivity index (χ4n) is 7.43. The minimum absolute atomic E-state index is 0.106. The van der Waals surface area contributed by atoms with Crippen molar-refractivity contribution in [2.45, 2.75) is 72.1 Å². The number of rotatable bonds is 3. The van der Waals surface area contributed by atoms with E-state index in [0.29, 0.717) is 35.7 Å². The third-order valence-corrected chi connectivity index (χ3v) is 9.05. The second-order valence-corrected chi connectivity index (χ2v) is 11.1. The van der Waals surface area contributed by atoms with Crippen LogP contribution >= 0.6 is 7.82 Å². The van der Waals surface area contributed by atoms with Crippen molar-refractivity contribution < 1.29 is 23.8 Å². The number of carbonyl (C=O) groups excluding carboxylic acids is 1. The average molecular weight is 409 g/mol. The lowest BCUT2D eigenvalue weighted by Crippen LogP contribution is -2.51. The second kappa shape index (κ2) is 6.78. The summed E-state index contributed by atoms with van der Waals surface area (Å²) in [5.41, 5.74) is 2.37. The number of fused-ring (bicyclic) bond motifs is 5. The molecule has 156 valence electrons. The van der Waals surface area contributed by atoms with Gasteiger partial charge in [0.2, 0.25) is 0 Å². The van der Waals surface area contributed by atoms with Crippen molar-refractivity contribution >= 4 is 19.3 Å². The van der Waals surface area contributed by atoms with Crippen LogP contribution in [0.2, 0.25) is 0 Å². The summed E-state index contributed by atoms with van der Waals surface area (Å²) in [4.78, 5) is 29.9. The molecule has 28 heavy (non-hydrogen) atoms. The zero-order chi connectivity index (χ0) is 20.3. The van der Waals surface area contributed by atoms with Crippen molar-refractivity contribution in [3.05, 3.63) is 11.6 Å². The second-order valence-electron chi connectivity index (χ2n) is 9.95. The predicted octanol–water partition coefficient (Wildman–Crippen LogP) is 4.62. The van der Waals surface area contributed by atoms with Gasteiger partial charge in [0.15, 0.2) is 5.78 Å². The summed E-state index contributed by atoms with van der Waals surface area (Å²) in [6.07, 6.45) is 10.2. The first-order valence-corrected chi connectivity index (χ1v) is 12.1. The Morgan fingerprint density at radius 2 is 1.89 bits per heavy atom. The third kappa shape index (κ3) is 3.22. The highest BCUT2D eigenvalue weighted by atomic mass is 31.2. The number of hydrogen-bond acceptors (Lipinski definition) is 4. The maximum Gasteiger partial charge on any atom is 0.545 e. The Morgan fingerprint density at radius 1 is 1.14 bits per heavy atom. The molecule has 6 atom stereocenters. The first-order chi connectivity index (χ1) is 13.0. The lowest BCUT2D eigenvalue weighted by Gasteiger charge is -2.58. The largest absolute Gasteiger partial charge is 0.545 e. The summed E-state index contributed by atoms with van der Waals surface area (Å²) in [6.45, 7) is 6.58. The molecule has 0 heterocycles. The van der Waals surface area contributed by atoms with Crippen LogP contribution in [0.25, 0.3) is 0 Å². The van der Waals surface area contributed by atoms with Crippen LogP contribution in [0.4, 0.5) is 0 Å². The monoisotopic (exact) mass is 409 g/mol. The fraction of sp³-hybridized carbons (Fsp3) is 0.810. The molecule has 0 aliphatic heterocycles. The van der Waals surface area contributed by atoms with Crippen LogP contribution in [0.15, 0.2) is 16.8 Å². The highest BCUT2D eigenvalue weighted by molar-refractivity contribution is 7.46. The van der Waals surface area contributed by atoms with Crippen LogP contribution in [0.3, 0.4) is 0 Å². The van der Waals surface area contributed by atoms with Gasteiger partial charge in [0.1, 0.15) is 0 Å². The van der Waals surface area contributed by atoms with Gasteiger partial charge >= 0.3 is 7.82 Å². The van der Waals surface area contributed by atoms with E-state index in [0.717, 1.165) is 44.9 Å². The topological polar surface area (TPSA) is 96.2 Å². The molecule has 7 heteroatoms. The smallest absolute Gasteiger partial charge is 0.295 e. The lowest BCUT2D eigenvalue weighted by atomic mass is 9.46. The van der Waals surface area contributed by atoms with E-state index in [9.17, 15) is 9.36 Å². The van der Waals surface area contributed by atoms with Crippen LogP contribution < -0.4 is 0 Å². The Balaban J connectivity index is 1.58. The minimum Gasteiger partial charge on any atom is -0.295 e. The molecule has 0 spiro atoms. The molecule has 0 amide bonds. The molecule has 0 saturated heterocycles. The Bertz CT molecular complexity index is 786. The van der Waals surface area contributed by atoms with Crippen LogP contribution in [-0.2, 0) is 14.0 Å². The quantitative estimate of drug-likeness (QED) is 0.403. The summed E-state index contributed by atoms with van der Waals surface area (Å²) in [6, 6.07) is 0. The van der Waals surface area contributed by atoms with Crippen molar-refractivity contribution in [2.75, 3.05) is 0 Å². The van der Waals surface area contributed by atoms with Gasteiger partial charge in [-0.2, -0.15) is 0 Å². The molecule has 2 N–H and O–H groups in total. The molecule has 4 aliphatic carbocycles. The number of oxime groups is 1. The van der Waals surface area contributed by atoms with Crippen LogP contribution in [0.1, 0.15) is 72.1 Å². The molecule has 0 bridgehead atoms. The standard InChI is InChI=1S/C21H32NO5P/c1-13(22-27-28(24,25)26)17-6-7-18-16-5-4-14-12-15(23)8-10-20(14,2)19(16)9-11-21(17,18)3/h12,16-19H,4-11H2,1-3H3,(H2,24,25,26)/b22-13+/t16-,17+,18-,19-,20-,21+/m0/s1. The summed E-state index contributed by atoms with van der Waals surface area (Å²) < 4.78 is 15.5. The van der Waals surface area contributed by atoms with Gasteiger partial charge in [-0.3, -0.25) is 19.2 Å². The van der Waals surface area contributed by atoms with E-state index in [1.54, 1.807) is 0 Å².